The highest BCUT2D eigenvalue weighted by molar-refractivity contribution is 6.03. The number of nitrogens with zero attached hydrogens (tertiary/aromatic N) is 5. The van der Waals surface area contributed by atoms with Crippen LogP contribution in [0.2, 0.25) is 0 Å². The third-order valence-corrected chi connectivity index (χ3v) is 4.82. The molecule has 0 unspecified atom stereocenters. The molecule has 152 valence electrons. The number of benzene rings is 1. The van der Waals surface area contributed by atoms with E-state index in [2.05, 4.69) is 20.5 Å². The Bertz CT molecular complexity index is 1180. The Morgan fingerprint density at radius 2 is 1.63 bits per heavy atom. The number of hydrogen-bond acceptors (Lipinski definition) is 4. The van der Waals surface area contributed by atoms with Crippen LogP contribution in [0.25, 0.3) is 0 Å². The van der Waals surface area contributed by atoms with E-state index in [9.17, 15) is 4.79 Å². The minimum atomic E-state index is -0.169. The SMILES string of the molecule is Cc1cc(C)n(Cc2cccc(C(=O)Nc3cc(C)nn3Cc3cccnc3)c2)n1. The molecule has 1 aromatic carbocycles. The van der Waals surface area contributed by atoms with Gasteiger partial charge in [-0.1, -0.05) is 18.2 Å². The molecule has 0 radical (unpaired) electrons. The first-order chi connectivity index (χ1) is 14.5. The van der Waals surface area contributed by atoms with Crippen molar-refractivity contribution in [2.45, 2.75) is 33.9 Å². The molecule has 4 aromatic rings. The Balaban J connectivity index is 1.51. The van der Waals surface area contributed by atoms with Gasteiger partial charge in [-0.3, -0.25) is 14.5 Å². The zero-order valence-corrected chi connectivity index (χ0v) is 17.3. The maximum Gasteiger partial charge on any atom is 0.256 e. The molecule has 0 fully saturated rings. The average molecular weight is 400 g/mol. The third kappa shape index (κ3) is 4.46. The zero-order valence-electron chi connectivity index (χ0n) is 17.3. The summed E-state index contributed by atoms with van der Waals surface area (Å²) in [5.41, 5.74) is 5.56. The molecule has 0 spiro atoms. The highest BCUT2D eigenvalue weighted by Gasteiger charge is 2.13. The van der Waals surface area contributed by atoms with Crippen molar-refractivity contribution in [1.29, 1.82) is 0 Å². The molecule has 30 heavy (non-hydrogen) atoms. The van der Waals surface area contributed by atoms with Gasteiger partial charge in [0.25, 0.3) is 5.91 Å². The van der Waals surface area contributed by atoms with Gasteiger partial charge in [-0.15, -0.1) is 0 Å². The van der Waals surface area contributed by atoms with Gasteiger partial charge in [-0.25, -0.2) is 4.68 Å². The van der Waals surface area contributed by atoms with Gasteiger partial charge in [0.1, 0.15) is 5.82 Å². The molecule has 0 aliphatic carbocycles. The summed E-state index contributed by atoms with van der Waals surface area (Å²) in [6.45, 7) is 7.07. The summed E-state index contributed by atoms with van der Waals surface area (Å²) in [4.78, 5) is 17.1. The van der Waals surface area contributed by atoms with Crippen molar-refractivity contribution in [1.82, 2.24) is 24.5 Å². The fourth-order valence-corrected chi connectivity index (χ4v) is 3.44. The van der Waals surface area contributed by atoms with Gasteiger partial charge < -0.3 is 5.32 Å². The number of nitrogens with one attached hydrogen (secondary N) is 1. The van der Waals surface area contributed by atoms with Gasteiger partial charge in [-0.2, -0.15) is 10.2 Å². The molecule has 0 bridgehead atoms. The van der Waals surface area contributed by atoms with Crippen molar-refractivity contribution >= 4 is 11.7 Å². The molecule has 7 nitrogen and oxygen atoms in total. The summed E-state index contributed by atoms with van der Waals surface area (Å²) in [7, 11) is 0. The van der Waals surface area contributed by atoms with Gasteiger partial charge in [0.2, 0.25) is 0 Å². The lowest BCUT2D eigenvalue weighted by atomic mass is 10.1. The van der Waals surface area contributed by atoms with Crippen LogP contribution in [0.4, 0.5) is 5.82 Å². The van der Waals surface area contributed by atoms with E-state index in [0.717, 1.165) is 28.2 Å². The van der Waals surface area contributed by atoms with Crippen LogP contribution in [-0.4, -0.2) is 30.5 Å². The van der Waals surface area contributed by atoms with E-state index in [4.69, 9.17) is 0 Å². The van der Waals surface area contributed by atoms with Gasteiger partial charge >= 0.3 is 0 Å². The minimum Gasteiger partial charge on any atom is -0.307 e. The van der Waals surface area contributed by atoms with Gasteiger partial charge in [-0.05, 0) is 56.2 Å². The fourth-order valence-electron chi connectivity index (χ4n) is 3.44. The normalized spacial score (nSPS) is 10.9. The largest absolute Gasteiger partial charge is 0.307 e. The molecule has 4 rings (SSSR count). The Morgan fingerprint density at radius 3 is 2.37 bits per heavy atom. The van der Waals surface area contributed by atoms with E-state index >= 15 is 0 Å². The highest BCUT2D eigenvalue weighted by Crippen LogP contribution is 2.16. The number of aryl methyl sites for hydroxylation is 3. The number of anilines is 1. The van der Waals surface area contributed by atoms with Crippen molar-refractivity contribution in [3.8, 4) is 0 Å². The van der Waals surface area contributed by atoms with E-state index in [0.29, 0.717) is 24.5 Å². The van der Waals surface area contributed by atoms with Crippen LogP contribution in [0.1, 0.15) is 38.6 Å². The van der Waals surface area contributed by atoms with E-state index in [-0.39, 0.29) is 5.91 Å². The minimum absolute atomic E-state index is 0.169. The molecule has 1 amide bonds. The number of amides is 1. The van der Waals surface area contributed by atoms with Crippen molar-refractivity contribution in [2.75, 3.05) is 5.32 Å². The van der Waals surface area contributed by atoms with E-state index < -0.39 is 0 Å². The predicted molar refractivity (Wildman–Crippen MR) is 116 cm³/mol. The first-order valence-electron chi connectivity index (χ1n) is 9.82. The topological polar surface area (TPSA) is 77.6 Å². The smallest absolute Gasteiger partial charge is 0.256 e. The third-order valence-electron chi connectivity index (χ3n) is 4.82. The first kappa shape index (κ1) is 19.6. The van der Waals surface area contributed by atoms with Crippen molar-refractivity contribution in [3.63, 3.8) is 0 Å². The first-order valence-corrected chi connectivity index (χ1v) is 9.82. The molecule has 0 aliphatic rings. The molecule has 0 aliphatic heterocycles. The molecule has 0 atom stereocenters. The maximum absolute atomic E-state index is 12.9. The number of carbonyl (C=O) groups excluding carboxylic acids is 1. The summed E-state index contributed by atoms with van der Waals surface area (Å²) >= 11 is 0. The molecular formula is C23H24N6O. The van der Waals surface area contributed by atoms with Crippen LogP contribution in [0.15, 0.2) is 60.9 Å². The Labute approximate surface area is 175 Å². The highest BCUT2D eigenvalue weighted by atomic mass is 16.1. The van der Waals surface area contributed by atoms with Crippen molar-refractivity contribution in [2.24, 2.45) is 0 Å². The summed E-state index contributed by atoms with van der Waals surface area (Å²) in [6.07, 6.45) is 3.53. The number of rotatable bonds is 6. The Hall–Kier alpha value is -3.74. The second-order valence-corrected chi connectivity index (χ2v) is 7.43. The molecular weight excluding hydrogens is 376 g/mol. The van der Waals surface area contributed by atoms with Crippen LogP contribution in [-0.2, 0) is 13.1 Å². The number of aromatic nitrogens is 5. The van der Waals surface area contributed by atoms with E-state index in [1.54, 1.807) is 17.1 Å². The summed E-state index contributed by atoms with van der Waals surface area (Å²) in [5, 5.41) is 12.0. The second kappa shape index (κ2) is 8.32. The van der Waals surface area contributed by atoms with Crippen LogP contribution in [0.5, 0.6) is 0 Å². The Morgan fingerprint density at radius 1 is 0.900 bits per heavy atom. The maximum atomic E-state index is 12.9. The molecule has 0 saturated heterocycles. The van der Waals surface area contributed by atoms with Crippen LogP contribution >= 0.6 is 0 Å². The number of hydrogen-bond donors (Lipinski definition) is 1. The molecule has 3 aromatic heterocycles. The van der Waals surface area contributed by atoms with Crippen LogP contribution < -0.4 is 5.32 Å². The standard InChI is InChI=1S/C23H24N6O/c1-16-10-18(3)28(26-16)14-19-6-4-8-21(12-19)23(30)25-22-11-17(2)27-29(22)15-20-7-5-9-24-13-20/h4-13H,14-15H2,1-3H3,(H,25,30). The van der Waals surface area contributed by atoms with Gasteiger partial charge in [0, 0.05) is 29.7 Å². The molecule has 0 saturated carbocycles. The molecule has 7 heteroatoms. The summed E-state index contributed by atoms with van der Waals surface area (Å²) in [6, 6.07) is 15.4. The van der Waals surface area contributed by atoms with E-state index in [1.807, 2.05) is 74.0 Å². The number of carbonyl (C=O) groups is 1. The van der Waals surface area contributed by atoms with Gasteiger partial charge in [0.15, 0.2) is 0 Å². The van der Waals surface area contributed by atoms with Gasteiger partial charge in [0.05, 0.1) is 24.5 Å². The number of pyridine rings is 1. The molecule has 3 heterocycles. The fraction of sp³-hybridized carbons (Fsp3) is 0.217. The van der Waals surface area contributed by atoms with Crippen LogP contribution in [0.3, 0.4) is 0 Å². The average Bonchev–Trinajstić information content (AvgIpc) is 3.23. The lowest BCUT2D eigenvalue weighted by molar-refractivity contribution is 0.102. The quantitative estimate of drug-likeness (QED) is 0.535. The monoisotopic (exact) mass is 400 g/mol. The predicted octanol–water partition coefficient (Wildman–Crippen LogP) is 3.75. The Kier molecular flexibility index (Phi) is 5.43. The van der Waals surface area contributed by atoms with E-state index in [1.165, 1.54) is 0 Å². The second-order valence-electron chi connectivity index (χ2n) is 7.43. The molecule has 1 N–H and O–H groups in total. The van der Waals surface area contributed by atoms with Crippen molar-refractivity contribution < 1.29 is 4.79 Å². The lowest BCUT2D eigenvalue weighted by Gasteiger charge is -2.10. The summed E-state index contributed by atoms with van der Waals surface area (Å²) < 4.78 is 3.72. The summed E-state index contributed by atoms with van der Waals surface area (Å²) in [5.74, 6) is 0.489. The van der Waals surface area contributed by atoms with Crippen LogP contribution in [0, 0.1) is 20.8 Å². The zero-order chi connectivity index (χ0) is 21.1. The van der Waals surface area contributed by atoms with Crippen molar-refractivity contribution in [3.05, 3.63) is 94.7 Å². The lowest BCUT2D eigenvalue weighted by Crippen LogP contribution is -2.16.